The lowest BCUT2D eigenvalue weighted by Gasteiger charge is -2.34. The summed E-state index contributed by atoms with van der Waals surface area (Å²) in [6.45, 7) is 12.3. The lowest BCUT2D eigenvalue weighted by Crippen LogP contribution is -2.48. The van der Waals surface area contributed by atoms with Crippen molar-refractivity contribution in [1.29, 1.82) is 5.26 Å². The molecule has 2 N–H and O–H groups in total. The minimum Gasteiger partial charge on any atom is -0.468 e. The third kappa shape index (κ3) is 7.74. The van der Waals surface area contributed by atoms with Crippen molar-refractivity contribution in [2.75, 3.05) is 45.5 Å². The molecule has 0 saturated carbocycles. The van der Waals surface area contributed by atoms with Crippen molar-refractivity contribution >= 4 is 25.4 Å². The van der Waals surface area contributed by atoms with Crippen LogP contribution >= 0.6 is 0 Å². The average Bonchev–Trinajstić information content (AvgIpc) is 3.28. The fraction of sp³-hybridized carbons (Fsp3) is 0.556. The molecule has 1 aromatic carbocycles. The third-order valence-electron chi connectivity index (χ3n) is 6.58. The summed E-state index contributed by atoms with van der Waals surface area (Å²) >= 11 is 0. The van der Waals surface area contributed by atoms with Gasteiger partial charge in [0.2, 0.25) is 5.65 Å². The lowest BCUT2D eigenvalue weighted by atomic mass is 9.98. The molecular weight excluding hydrogens is 516 g/mol. The van der Waals surface area contributed by atoms with Crippen molar-refractivity contribution in [2.24, 2.45) is 0 Å². The number of oxazole rings is 1. The molecule has 0 spiro atoms. The Morgan fingerprint density at radius 3 is 2.79 bits per heavy atom. The van der Waals surface area contributed by atoms with Crippen LogP contribution in [0, 0.1) is 11.3 Å². The molecule has 3 aromatic rings. The number of likely N-dealkylation sites (N-methyl/N-ethyl adjacent to an activating group) is 1. The minimum atomic E-state index is -1.18. The number of hydrogen-bond acceptors (Lipinski definition) is 11. The van der Waals surface area contributed by atoms with Gasteiger partial charge in [0.1, 0.15) is 5.75 Å². The zero-order valence-corrected chi connectivity index (χ0v) is 24.4. The fourth-order valence-corrected chi connectivity index (χ4v) is 5.32. The standard InChI is InChI=1S/C27H38N6O5Si/c1-6-33-14-20(11-21(34)15-33)30-27-32-25-26(38-27)29-13-23(31-25)24-18(12-28)9-22(10-19(24)16-35-2)37-17-36-7-8-39(3,4)5/h9-10,13,20-21,34H,6-8,11,14-17H2,1-5H3,(H,30,31,32). The van der Waals surface area contributed by atoms with Gasteiger partial charge < -0.3 is 29.1 Å². The number of nitriles is 1. The molecule has 210 valence electrons. The molecule has 11 nitrogen and oxygen atoms in total. The summed E-state index contributed by atoms with van der Waals surface area (Å²) in [7, 11) is 0.409. The molecule has 4 rings (SSSR count). The number of benzene rings is 1. The Kier molecular flexibility index (Phi) is 9.52. The Hall–Kier alpha value is -3.08. The van der Waals surface area contributed by atoms with Crippen LogP contribution in [0.25, 0.3) is 22.6 Å². The summed E-state index contributed by atoms with van der Waals surface area (Å²) in [6.07, 6.45) is 1.76. The van der Waals surface area contributed by atoms with Crippen LogP contribution in [0.5, 0.6) is 5.75 Å². The molecule has 0 bridgehead atoms. The number of aliphatic hydroxyl groups is 1. The van der Waals surface area contributed by atoms with Gasteiger partial charge in [-0.15, -0.1) is 0 Å². The van der Waals surface area contributed by atoms with Crippen molar-refractivity contribution in [2.45, 2.75) is 57.8 Å². The molecule has 0 radical (unpaired) electrons. The molecule has 1 fully saturated rings. The zero-order valence-electron chi connectivity index (χ0n) is 23.4. The first-order valence-corrected chi connectivity index (χ1v) is 17.0. The molecule has 3 heterocycles. The predicted octanol–water partition coefficient (Wildman–Crippen LogP) is 3.86. The van der Waals surface area contributed by atoms with Gasteiger partial charge in [0.05, 0.1) is 36.2 Å². The number of methoxy groups -OCH3 is 1. The maximum atomic E-state index is 10.2. The number of aromatic nitrogens is 3. The SMILES string of the molecule is CCN1CC(O)CC(Nc2nc3nc(-c4c(C#N)cc(OCOCC[Si](C)(C)C)cc4COC)cnc3o2)C1. The predicted molar refractivity (Wildman–Crippen MR) is 150 cm³/mol. The molecule has 2 aromatic heterocycles. The summed E-state index contributed by atoms with van der Waals surface area (Å²) in [5.41, 5.74) is 2.81. The highest BCUT2D eigenvalue weighted by atomic mass is 28.3. The van der Waals surface area contributed by atoms with Gasteiger partial charge >= 0.3 is 0 Å². The second-order valence-electron chi connectivity index (χ2n) is 11.0. The van der Waals surface area contributed by atoms with Gasteiger partial charge in [0, 0.05) is 46.5 Å². The second kappa shape index (κ2) is 12.8. The van der Waals surface area contributed by atoms with Gasteiger partial charge in [-0.05, 0) is 36.7 Å². The van der Waals surface area contributed by atoms with Gasteiger partial charge in [-0.1, -0.05) is 26.6 Å². The van der Waals surface area contributed by atoms with Crippen LogP contribution in [-0.4, -0.2) is 85.3 Å². The first kappa shape index (κ1) is 28.9. The maximum absolute atomic E-state index is 10.2. The Labute approximate surface area is 230 Å². The molecule has 2 atom stereocenters. The summed E-state index contributed by atoms with van der Waals surface area (Å²) in [5, 5.41) is 23.4. The van der Waals surface area contributed by atoms with Crippen LogP contribution in [0.3, 0.4) is 0 Å². The van der Waals surface area contributed by atoms with E-state index in [1.807, 2.05) is 6.07 Å². The first-order chi connectivity index (χ1) is 18.7. The highest BCUT2D eigenvalue weighted by Gasteiger charge is 2.26. The number of hydrogen-bond donors (Lipinski definition) is 2. The number of aliphatic hydroxyl groups excluding tert-OH is 1. The van der Waals surface area contributed by atoms with Gasteiger partial charge in [-0.3, -0.25) is 4.90 Å². The molecule has 1 saturated heterocycles. The van der Waals surface area contributed by atoms with E-state index in [4.69, 9.17) is 18.6 Å². The van der Waals surface area contributed by atoms with Gasteiger partial charge in [-0.2, -0.15) is 10.2 Å². The van der Waals surface area contributed by atoms with Crippen LogP contribution in [-0.2, 0) is 16.1 Å². The normalized spacial score (nSPS) is 18.3. The Bertz CT molecular complexity index is 1300. The molecule has 0 amide bonds. The van der Waals surface area contributed by atoms with Crippen LogP contribution < -0.4 is 10.1 Å². The number of fused-ring (bicyclic) bond motifs is 1. The largest absolute Gasteiger partial charge is 0.468 e. The molecule has 0 aliphatic carbocycles. The summed E-state index contributed by atoms with van der Waals surface area (Å²) in [4.78, 5) is 15.7. The van der Waals surface area contributed by atoms with Crippen molar-refractivity contribution in [3.05, 3.63) is 29.5 Å². The van der Waals surface area contributed by atoms with Gasteiger partial charge in [-0.25, -0.2) is 9.97 Å². The van der Waals surface area contributed by atoms with E-state index in [1.54, 1.807) is 19.4 Å². The third-order valence-corrected chi connectivity index (χ3v) is 8.28. The van der Waals surface area contributed by atoms with Gasteiger partial charge in [0.15, 0.2) is 6.79 Å². The molecule has 2 unspecified atom stereocenters. The number of ether oxygens (including phenoxy) is 3. The molecule has 12 heteroatoms. The quantitative estimate of drug-likeness (QED) is 0.192. The number of anilines is 1. The second-order valence-corrected chi connectivity index (χ2v) is 16.6. The topological polar surface area (TPSA) is 139 Å². The highest BCUT2D eigenvalue weighted by Crippen LogP contribution is 2.32. The fourth-order valence-electron chi connectivity index (χ4n) is 4.57. The highest BCUT2D eigenvalue weighted by molar-refractivity contribution is 6.76. The number of likely N-dealkylation sites (tertiary alicyclic amines) is 1. The summed E-state index contributed by atoms with van der Waals surface area (Å²) in [5.74, 6) is 0.521. The smallest absolute Gasteiger partial charge is 0.298 e. The Morgan fingerprint density at radius 1 is 1.26 bits per heavy atom. The molecule has 1 aliphatic heterocycles. The van der Waals surface area contributed by atoms with Crippen molar-refractivity contribution < 1.29 is 23.7 Å². The lowest BCUT2D eigenvalue weighted by molar-refractivity contribution is 0.0219. The average molecular weight is 555 g/mol. The van der Waals surface area contributed by atoms with E-state index in [1.165, 1.54) is 0 Å². The van der Waals surface area contributed by atoms with E-state index in [-0.39, 0.29) is 25.2 Å². The van der Waals surface area contributed by atoms with Crippen LogP contribution in [0.2, 0.25) is 25.7 Å². The van der Waals surface area contributed by atoms with Crippen molar-refractivity contribution in [1.82, 2.24) is 19.9 Å². The van der Waals surface area contributed by atoms with E-state index < -0.39 is 14.2 Å². The monoisotopic (exact) mass is 554 g/mol. The van der Waals surface area contributed by atoms with E-state index in [0.29, 0.717) is 53.8 Å². The first-order valence-electron chi connectivity index (χ1n) is 13.3. The number of rotatable bonds is 12. The van der Waals surface area contributed by atoms with Crippen LogP contribution in [0.15, 0.2) is 22.7 Å². The maximum Gasteiger partial charge on any atom is 0.298 e. The van der Waals surface area contributed by atoms with Crippen LogP contribution in [0.1, 0.15) is 24.5 Å². The van der Waals surface area contributed by atoms with E-state index in [2.05, 4.69) is 57.8 Å². The molecule has 39 heavy (non-hydrogen) atoms. The van der Waals surface area contributed by atoms with E-state index in [0.717, 1.165) is 24.7 Å². The molecular formula is C27H38N6O5Si. The van der Waals surface area contributed by atoms with Crippen LogP contribution in [0.4, 0.5) is 6.01 Å². The van der Waals surface area contributed by atoms with Crippen molar-refractivity contribution in [3.8, 4) is 23.1 Å². The minimum absolute atomic E-state index is 0.00760. The van der Waals surface area contributed by atoms with E-state index in [9.17, 15) is 10.4 Å². The number of nitrogens with zero attached hydrogens (tertiary/aromatic N) is 5. The Balaban J connectivity index is 1.54. The van der Waals surface area contributed by atoms with E-state index >= 15 is 0 Å². The molecule has 1 aliphatic rings. The number of nitrogens with one attached hydrogen (secondary N) is 1. The summed E-state index contributed by atoms with van der Waals surface area (Å²) < 4.78 is 22.7. The number of piperidine rings is 1. The van der Waals surface area contributed by atoms with Crippen molar-refractivity contribution in [3.63, 3.8) is 0 Å². The van der Waals surface area contributed by atoms with Gasteiger partial charge in [0.25, 0.3) is 11.7 Å². The Morgan fingerprint density at radius 2 is 2.08 bits per heavy atom. The zero-order chi connectivity index (χ0) is 28.0. The number of β-amino-alcohol motifs (C(OH)–C–C–N with tert-alkyl or cyclic N) is 1. The summed E-state index contributed by atoms with van der Waals surface area (Å²) in [6, 6.07) is 7.10.